The number of benzene rings is 1. The molecule has 0 bridgehead atoms. The Morgan fingerprint density at radius 1 is 1.14 bits per heavy atom. The van der Waals surface area contributed by atoms with Gasteiger partial charge in [0.05, 0.1) is 7.11 Å². The second kappa shape index (κ2) is 3.88. The van der Waals surface area contributed by atoms with Gasteiger partial charge < -0.3 is 9.62 Å². The summed E-state index contributed by atoms with van der Waals surface area (Å²) in [5, 5.41) is 8.66. The Morgan fingerprint density at radius 3 is 2.21 bits per heavy atom. The summed E-state index contributed by atoms with van der Waals surface area (Å²) in [7, 11) is 1.54. The minimum atomic E-state index is 0.0273. The first kappa shape index (κ1) is 10.9. The van der Waals surface area contributed by atoms with Gasteiger partial charge in [0.2, 0.25) is 5.75 Å². The second-order valence-electron chi connectivity index (χ2n) is 4.21. The van der Waals surface area contributed by atoms with E-state index in [0.29, 0.717) is 11.5 Å². The molecule has 78 valence electrons. The van der Waals surface area contributed by atoms with Crippen LogP contribution in [0.25, 0.3) is 0 Å². The zero-order valence-electron chi connectivity index (χ0n) is 9.00. The summed E-state index contributed by atoms with van der Waals surface area (Å²) in [5.41, 5.74) is 1.11. The predicted molar refractivity (Wildman–Crippen MR) is 55.0 cm³/mol. The Balaban J connectivity index is 3.14. The molecule has 0 unspecified atom stereocenters. The van der Waals surface area contributed by atoms with Crippen LogP contribution in [0, 0.1) is 0 Å². The number of hydrogen-bond donors (Lipinski definition) is 1. The van der Waals surface area contributed by atoms with Crippen LogP contribution in [0.4, 0.5) is 0 Å². The van der Waals surface area contributed by atoms with Gasteiger partial charge in [0.1, 0.15) is 0 Å². The lowest BCUT2D eigenvalue weighted by molar-refractivity contribution is -0.139. The van der Waals surface area contributed by atoms with Crippen molar-refractivity contribution in [2.75, 3.05) is 7.11 Å². The van der Waals surface area contributed by atoms with Crippen LogP contribution < -0.4 is 9.62 Å². The van der Waals surface area contributed by atoms with Crippen LogP contribution in [0.2, 0.25) is 0 Å². The molecule has 1 N–H and O–H groups in total. The van der Waals surface area contributed by atoms with Crippen LogP contribution in [0.1, 0.15) is 26.3 Å². The average Bonchev–Trinajstić information content (AvgIpc) is 2.15. The Bertz CT molecular complexity index is 313. The van der Waals surface area contributed by atoms with Gasteiger partial charge in [-0.3, -0.25) is 0 Å². The van der Waals surface area contributed by atoms with Gasteiger partial charge in [-0.05, 0) is 23.1 Å². The molecule has 0 aliphatic rings. The maximum Gasteiger partial charge on any atom is 0.207 e. The van der Waals surface area contributed by atoms with Crippen molar-refractivity contribution in [1.82, 2.24) is 0 Å². The summed E-state index contributed by atoms with van der Waals surface area (Å²) < 4.78 is 5.02. The van der Waals surface area contributed by atoms with E-state index >= 15 is 0 Å². The number of methoxy groups -OCH3 is 1. The van der Waals surface area contributed by atoms with Gasteiger partial charge >= 0.3 is 0 Å². The molecule has 0 aromatic heterocycles. The molecule has 0 radical (unpaired) electrons. The van der Waals surface area contributed by atoms with Gasteiger partial charge in [0.25, 0.3) is 0 Å². The highest BCUT2D eigenvalue weighted by Crippen LogP contribution is 2.32. The quantitative estimate of drug-likeness (QED) is 0.584. The summed E-state index contributed by atoms with van der Waals surface area (Å²) in [6.45, 7) is 6.28. The third-order valence-electron chi connectivity index (χ3n) is 2.13. The number of rotatable bonds is 2. The van der Waals surface area contributed by atoms with Crippen molar-refractivity contribution in [1.29, 1.82) is 0 Å². The molecule has 1 aromatic rings. The molecule has 0 aliphatic carbocycles. The maximum absolute atomic E-state index is 8.66. The van der Waals surface area contributed by atoms with E-state index in [9.17, 15) is 0 Å². The molecule has 0 saturated heterocycles. The van der Waals surface area contributed by atoms with E-state index in [1.807, 2.05) is 6.07 Å². The lowest BCUT2D eigenvalue weighted by Crippen LogP contribution is -2.11. The minimum Gasteiger partial charge on any atom is -0.493 e. The summed E-state index contributed by atoms with van der Waals surface area (Å²) in [6, 6.07) is 5.52. The molecule has 14 heavy (non-hydrogen) atoms. The highest BCUT2D eigenvalue weighted by atomic mass is 17.1. The van der Waals surface area contributed by atoms with Crippen LogP contribution >= 0.6 is 0 Å². The third-order valence-corrected chi connectivity index (χ3v) is 2.13. The summed E-state index contributed by atoms with van der Waals surface area (Å²) in [6.07, 6.45) is 0. The van der Waals surface area contributed by atoms with Gasteiger partial charge in [-0.15, -0.1) is 0 Å². The van der Waals surface area contributed by atoms with Crippen LogP contribution in [-0.2, 0) is 5.41 Å². The lowest BCUT2D eigenvalue weighted by Gasteiger charge is -2.19. The van der Waals surface area contributed by atoms with Crippen molar-refractivity contribution in [3.05, 3.63) is 23.8 Å². The topological polar surface area (TPSA) is 38.7 Å². The lowest BCUT2D eigenvalue weighted by atomic mass is 9.87. The monoisotopic (exact) mass is 196 g/mol. The van der Waals surface area contributed by atoms with Gasteiger partial charge in [-0.1, -0.05) is 26.8 Å². The molecule has 0 atom stereocenters. The zero-order chi connectivity index (χ0) is 10.8. The number of hydrogen-bond acceptors (Lipinski definition) is 3. The normalized spacial score (nSPS) is 11.2. The first-order valence-corrected chi connectivity index (χ1v) is 4.49. The molecule has 3 nitrogen and oxygen atoms in total. The van der Waals surface area contributed by atoms with E-state index < -0.39 is 0 Å². The molecule has 0 fully saturated rings. The van der Waals surface area contributed by atoms with Crippen molar-refractivity contribution < 1.29 is 14.9 Å². The second-order valence-corrected chi connectivity index (χ2v) is 4.21. The Morgan fingerprint density at radius 2 is 1.79 bits per heavy atom. The molecule has 0 heterocycles. The fraction of sp³-hybridized carbons (Fsp3) is 0.455. The first-order chi connectivity index (χ1) is 6.49. The summed E-state index contributed by atoms with van der Waals surface area (Å²) in [5.74, 6) is 0.875. The van der Waals surface area contributed by atoms with Crippen LogP contribution in [0.15, 0.2) is 18.2 Å². The molecule has 0 saturated carbocycles. The smallest absolute Gasteiger partial charge is 0.207 e. The molecule has 1 aromatic carbocycles. The molecular weight excluding hydrogens is 180 g/mol. The standard InChI is InChI=1S/C11H16O3/c1-11(2,3)8-5-6-9(13-4)10(7-8)14-12/h5-7,12H,1-4H3. The van der Waals surface area contributed by atoms with Gasteiger partial charge in [0, 0.05) is 0 Å². The Hall–Kier alpha value is -1.22. The highest BCUT2D eigenvalue weighted by Gasteiger charge is 2.16. The van der Waals surface area contributed by atoms with Crippen LogP contribution in [0.5, 0.6) is 11.5 Å². The van der Waals surface area contributed by atoms with E-state index in [1.54, 1.807) is 12.1 Å². The third kappa shape index (κ3) is 2.17. The first-order valence-electron chi connectivity index (χ1n) is 4.49. The van der Waals surface area contributed by atoms with Crippen molar-refractivity contribution in [2.24, 2.45) is 0 Å². The summed E-state index contributed by atoms with van der Waals surface area (Å²) >= 11 is 0. The van der Waals surface area contributed by atoms with E-state index in [4.69, 9.17) is 9.99 Å². The molecular formula is C11H16O3. The zero-order valence-corrected chi connectivity index (χ0v) is 9.00. The van der Waals surface area contributed by atoms with Crippen molar-refractivity contribution in [3.8, 4) is 11.5 Å². The van der Waals surface area contributed by atoms with Gasteiger partial charge in [-0.2, -0.15) is 0 Å². The van der Waals surface area contributed by atoms with Crippen molar-refractivity contribution in [2.45, 2.75) is 26.2 Å². The van der Waals surface area contributed by atoms with Crippen molar-refractivity contribution in [3.63, 3.8) is 0 Å². The largest absolute Gasteiger partial charge is 0.493 e. The molecule has 1 rings (SSSR count). The summed E-state index contributed by atoms with van der Waals surface area (Å²) in [4.78, 5) is 4.25. The number of ether oxygens (including phenoxy) is 1. The van der Waals surface area contributed by atoms with E-state index in [2.05, 4.69) is 25.7 Å². The Labute approximate surface area is 84.2 Å². The SMILES string of the molecule is COc1ccc(C(C)(C)C)cc1OO. The molecule has 0 spiro atoms. The van der Waals surface area contributed by atoms with E-state index in [1.165, 1.54) is 7.11 Å². The molecule has 3 heteroatoms. The minimum absolute atomic E-state index is 0.0273. The fourth-order valence-corrected chi connectivity index (χ4v) is 1.21. The van der Waals surface area contributed by atoms with E-state index in [0.717, 1.165) is 5.56 Å². The van der Waals surface area contributed by atoms with Gasteiger partial charge in [-0.25, -0.2) is 5.26 Å². The van der Waals surface area contributed by atoms with Crippen LogP contribution in [0.3, 0.4) is 0 Å². The fourth-order valence-electron chi connectivity index (χ4n) is 1.21. The predicted octanol–water partition coefficient (Wildman–Crippen LogP) is 2.84. The van der Waals surface area contributed by atoms with Crippen LogP contribution in [-0.4, -0.2) is 12.4 Å². The highest BCUT2D eigenvalue weighted by molar-refractivity contribution is 5.44. The molecule has 0 amide bonds. The molecule has 0 aliphatic heterocycles. The van der Waals surface area contributed by atoms with Crippen molar-refractivity contribution >= 4 is 0 Å². The Kier molecular flexibility index (Phi) is 3.01. The average molecular weight is 196 g/mol. The van der Waals surface area contributed by atoms with Gasteiger partial charge in [0.15, 0.2) is 5.75 Å². The maximum atomic E-state index is 8.66. The van der Waals surface area contributed by atoms with E-state index in [-0.39, 0.29) is 5.41 Å².